The monoisotopic (exact) mass is 212 g/mol. The summed E-state index contributed by atoms with van der Waals surface area (Å²) in [5.74, 6) is 0. The van der Waals surface area contributed by atoms with Crippen LogP contribution in [0.2, 0.25) is 0 Å². The van der Waals surface area contributed by atoms with E-state index >= 15 is 0 Å². The Hall–Kier alpha value is -1.56. The molecule has 0 aliphatic rings. The zero-order valence-electron chi connectivity index (χ0n) is 10.7. The van der Waals surface area contributed by atoms with Gasteiger partial charge < -0.3 is 0 Å². The first-order valence-corrected chi connectivity index (χ1v) is 5.66. The highest BCUT2D eigenvalue weighted by Gasteiger charge is 1.96. The summed E-state index contributed by atoms with van der Waals surface area (Å²) in [6.45, 7) is 12.3. The molecule has 0 heteroatoms. The van der Waals surface area contributed by atoms with Gasteiger partial charge in [-0.25, -0.2) is 0 Å². The van der Waals surface area contributed by atoms with Gasteiger partial charge in [0, 0.05) is 0 Å². The quantitative estimate of drug-likeness (QED) is 0.706. The fraction of sp³-hybridized carbons (Fsp3) is 0.250. The second-order valence-electron chi connectivity index (χ2n) is 4.07. The molecule has 1 aromatic rings. The molecule has 0 saturated heterocycles. The largest absolute Gasteiger partial charge is 0.0955 e. The van der Waals surface area contributed by atoms with E-state index in [0.717, 1.165) is 5.57 Å². The van der Waals surface area contributed by atoms with Crippen molar-refractivity contribution in [1.82, 2.24) is 0 Å². The maximum Gasteiger partial charge on any atom is -0.0110 e. The van der Waals surface area contributed by atoms with E-state index in [2.05, 4.69) is 63.8 Å². The van der Waals surface area contributed by atoms with Crippen molar-refractivity contribution in [2.45, 2.75) is 27.7 Å². The van der Waals surface area contributed by atoms with E-state index in [1.165, 1.54) is 21.6 Å². The number of allylic oxidation sites excluding steroid dienone is 3. The van der Waals surface area contributed by atoms with Gasteiger partial charge in [-0.3, -0.25) is 0 Å². The molecule has 0 aromatic heterocycles. The maximum atomic E-state index is 4.05. The summed E-state index contributed by atoms with van der Waals surface area (Å²) in [5, 5.41) is 2.54. The SMILES string of the molecule is C=C(C)C(C=CC)=c1cc(C)ccc1=CC. The van der Waals surface area contributed by atoms with E-state index in [1.54, 1.807) is 0 Å². The molecule has 0 spiro atoms. The molecular formula is C16H20. The Balaban J connectivity index is 3.79. The lowest BCUT2D eigenvalue weighted by Crippen LogP contribution is -2.26. The maximum absolute atomic E-state index is 4.05. The third-order valence-electron chi connectivity index (χ3n) is 2.60. The summed E-state index contributed by atoms with van der Waals surface area (Å²) in [7, 11) is 0. The molecule has 0 nitrogen and oxygen atoms in total. The van der Waals surface area contributed by atoms with Crippen LogP contribution in [0, 0.1) is 6.92 Å². The Morgan fingerprint density at radius 1 is 1.25 bits per heavy atom. The van der Waals surface area contributed by atoms with Gasteiger partial charge in [0.1, 0.15) is 0 Å². The van der Waals surface area contributed by atoms with Crippen LogP contribution >= 0.6 is 0 Å². The molecule has 0 heterocycles. The predicted octanol–water partition coefficient (Wildman–Crippen LogP) is 3.10. The Labute approximate surface area is 98.3 Å². The molecule has 16 heavy (non-hydrogen) atoms. The Morgan fingerprint density at radius 2 is 1.94 bits per heavy atom. The molecule has 0 amide bonds. The Kier molecular flexibility index (Phi) is 4.30. The van der Waals surface area contributed by atoms with Gasteiger partial charge in [0.2, 0.25) is 0 Å². The van der Waals surface area contributed by atoms with Crippen LogP contribution < -0.4 is 10.4 Å². The smallest absolute Gasteiger partial charge is 0.0110 e. The minimum Gasteiger partial charge on any atom is -0.0955 e. The molecule has 84 valence electrons. The first-order chi connectivity index (χ1) is 7.60. The number of benzene rings is 1. The van der Waals surface area contributed by atoms with E-state index in [4.69, 9.17) is 0 Å². The molecule has 0 unspecified atom stereocenters. The first-order valence-electron chi connectivity index (χ1n) is 5.66. The number of hydrogen-bond acceptors (Lipinski definition) is 0. The van der Waals surface area contributed by atoms with E-state index in [9.17, 15) is 0 Å². The van der Waals surface area contributed by atoms with Crippen LogP contribution in [0.1, 0.15) is 26.3 Å². The number of hydrogen-bond donors (Lipinski definition) is 0. The van der Waals surface area contributed by atoms with Crippen LogP contribution in [0.25, 0.3) is 11.6 Å². The molecule has 0 saturated carbocycles. The van der Waals surface area contributed by atoms with Crippen molar-refractivity contribution in [1.29, 1.82) is 0 Å². The number of aryl methyl sites for hydroxylation is 1. The minimum absolute atomic E-state index is 1.10. The molecule has 0 bridgehead atoms. The van der Waals surface area contributed by atoms with Crippen molar-refractivity contribution in [3.63, 3.8) is 0 Å². The van der Waals surface area contributed by atoms with E-state index < -0.39 is 0 Å². The van der Waals surface area contributed by atoms with Gasteiger partial charge in [-0.1, -0.05) is 54.1 Å². The van der Waals surface area contributed by atoms with Crippen molar-refractivity contribution >= 4 is 11.6 Å². The number of rotatable bonds is 2. The van der Waals surface area contributed by atoms with Crippen molar-refractivity contribution in [3.8, 4) is 0 Å². The van der Waals surface area contributed by atoms with E-state index in [0.29, 0.717) is 0 Å². The highest BCUT2D eigenvalue weighted by molar-refractivity contribution is 5.71. The lowest BCUT2D eigenvalue weighted by Gasteiger charge is -2.03. The molecule has 0 aliphatic carbocycles. The van der Waals surface area contributed by atoms with Crippen LogP contribution in [0.5, 0.6) is 0 Å². The highest BCUT2D eigenvalue weighted by Crippen LogP contribution is 2.07. The van der Waals surface area contributed by atoms with Gasteiger partial charge >= 0.3 is 0 Å². The molecule has 1 aromatic carbocycles. The third-order valence-corrected chi connectivity index (χ3v) is 2.60. The summed E-state index contributed by atoms with van der Waals surface area (Å²) >= 11 is 0. The first kappa shape index (κ1) is 12.5. The molecule has 1 rings (SSSR count). The molecule has 0 fully saturated rings. The zero-order valence-corrected chi connectivity index (χ0v) is 10.7. The second-order valence-corrected chi connectivity index (χ2v) is 4.07. The van der Waals surface area contributed by atoms with Crippen molar-refractivity contribution < 1.29 is 0 Å². The van der Waals surface area contributed by atoms with Crippen LogP contribution in [-0.2, 0) is 0 Å². The Bertz CT molecular complexity index is 528. The van der Waals surface area contributed by atoms with E-state index in [1.807, 2.05) is 6.92 Å². The summed E-state index contributed by atoms with van der Waals surface area (Å²) < 4.78 is 0. The van der Waals surface area contributed by atoms with E-state index in [-0.39, 0.29) is 0 Å². The lowest BCUT2D eigenvalue weighted by molar-refractivity contribution is 1.37. The van der Waals surface area contributed by atoms with Crippen LogP contribution in [-0.4, -0.2) is 0 Å². The van der Waals surface area contributed by atoms with Crippen molar-refractivity contribution in [3.05, 3.63) is 58.5 Å². The molecule has 0 aliphatic heterocycles. The lowest BCUT2D eigenvalue weighted by atomic mass is 10.0. The average Bonchev–Trinajstić information content (AvgIpc) is 2.25. The van der Waals surface area contributed by atoms with Gasteiger partial charge in [-0.15, -0.1) is 0 Å². The third kappa shape index (κ3) is 2.73. The normalized spacial score (nSPS) is 14.4. The Morgan fingerprint density at radius 3 is 2.44 bits per heavy atom. The molecule has 0 atom stereocenters. The zero-order chi connectivity index (χ0) is 12.1. The minimum atomic E-state index is 1.10. The van der Waals surface area contributed by atoms with Crippen LogP contribution in [0.4, 0.5) is 0 Å². The van der Waals surface area contributed by atoms with Crippen LogP contribution in [0.3, 0.4) is 0 Å². The van der Waals surface area contributed by atoms with Gasteiger partial charge in [-0.05, 0) is 43.7 Å². The standard InChI is InChI=1S/C16H20/c1-6-8-15(12(3)4)16-11-13(5)9-10-14(16)7-2/h6-11H,3H2,1-2,4-5H3. The molecule has 0 N–H and O–H groups in total. The average molecular weight is 212 g/mol. The predicted molar refractivity (Wildman–Crippen MR) is 73.6 cm³/mol. The van der Waals surface area contributed by atoms with Gasteiger partial charge in [0.15, 0.2) is 0 Å². The molecule has 0 radical (unpaired) electrons. The van der Waals surface area contributed by atoms with Crippen LogP contribution in [0.15, 0.2) is 42.5 Å². The highest BCUT2D eigenvalue weighted by atomic mass is 14.0. The summed E-state index contributed by atoms with van der Waals surface area (Å²) in [6.07, 6.45) is 6.33. The fourth-order valence-electron chi connectivity index (χ4n) is 1.78. The summed E-state index contributed by atoms with van der Waals surface area (Å²) in [5.41, 5.74) is 3.61. The van der Waals surface area contributed by atoms with Gasteiger partial charge in [0.25, 0.3) is 0 Å². The summed E-state index contributed by atoms with van der Waals surface area (Å²) in [6, 6.07) is 6.53. The second kappa shape index (κ2) is 5.50. The summed E-state index contributed by atoms with van der Waals surface area (Å²) in [4.78, 5) is 0. The fourth-order valence-corrected chi connectivity index (χ4v) is 1.78. The van der Waals surface area contributed by atoms with Crippen molar-refractivity contribution in [2.24, 2.45) is 0 Å². The molecular weight excluding hydrogens is 192 g/mol. The topological polar surface area (TPSA) is 0 Å². The van der Waals surface area contributed by atoms with Crippen molar-refractivity contribution in [2.75, 3.05) is 0 Å². The van der Waals surface area contributed by atoms with Gasteiger partial charge in [0.05, 0.1) is 0 Å². The van der Waals surface area contributed by atoms with Gasteiger partial charge in [-0.2, -0.15) is 0 Å².